The Morgan fingerprint density at radius 3 is 2.25 bits per heavy atom. The van der Waals surface area contributed by atoms with E-state index in [9.17, 15) is 24.3 Å². The van der Waals surface area contributed by atoms with Gasteiger partial charge in [0, 0.05) is 12.6 Å². The number of benzene rings is 1. The van der Waals surface area contributed by atoms with E-state index in [-0.39, 0.29) is 18.3 Å². The quantitative estimate of drug-likeness (QED) is 0.342. The van der Waals surface area contributed by atoms with Crippen LogP contribution in [0, 0.1) is 6.92 Å². The van der Waals surface area contributed by atoms with Gasteiger partial charge >= 0.3 is 6.09 Å². The third-order valence-corrected chi connectivity index (χ3v) is 5.35. The molecular formula is C26H42N4O6. The van der Waals surface area contributed by atoms with E-state index >= 15 is 0 Å². The molecule has 10 nitrogen and oxygen atoms in total. The van der Waals surface area contributed by atoms with Crippen molar-refractivity contribution in [3.63, 3.8) is 0 Å². The first-order valence-electron chi connectivity index (χ1n) is 12.4. The number of carbonyl (C=O) groups excluding carboxylic acids is 4. The fraction of sp³-hybridized carbons (Fsp3) is 0.615. The predicted octanol–water partition coefficient (Wildman–Crippen LogP) is 3.05. The number of hydrogen-bond donors (Lipinski definition) is 4. The molecule has 0 spiro atoms. The van der Waals surface area contributed by atoms with Crippen LogP contribution >= 0.6 is 0 Å². The van der Waals surface area contributed by atoms with Gasteiger partial charge in [-0.15, -0.1) is 0 Å². The Balaban J connectivity index is 3.49. The Morgan fingerprint density at radius 2 is 1.75 bits per heavy atom. The summed E-state index contributed by atoms with van der Waals surface area (Å²) in [5, 5.41) is 15.4. The molecule has 1 rings (SSSR count). The van der Waals surface area contributed by atoms with Crippen LogP contribution in [0.2, 0.25) is 0 Å². The zero-order valence-electron chi connectivity index (χ0n) is 22.5. The lowest BCUT2D eigenvalue weighted by Gasteiger charge is -2.35. The maximum Gasteiger partial charge on any atom is 0.408 e. The lowest BCUT2D eigenvalue weighted by Crippen LogP contribution is -2.54. The van der Waals surface area contributed by atoms with Crippen molar-refractivity contribution in [3.05, 3.63) is 29.3 Å². The van der Waals surface area contributed by atoms with Crippen LogP contribution in [0.25, 0.3) is 0 Å². The number of nitrogens with one attached hydrogen (secondary N) is 2. The van der Waals surface area contributed by atoms with Gasteiger partial charge in [-0.1, -0.05) is 26.3 Å². The number of aryl methyl sites for hydroxylation is 1. The number of amides is 4. The smallest absolute Gasteiger partial charge is 0.408 e. The molecule has 202 valence electrons. The monoisotopic (exact) mass is 506 g/mol. The van der Waals surface area contributed by atoms with Crippen LogP contribution in [-0.4, -0.2) is 58.1 Å². The fourth-order valence-electron chi connectivity index (χ4n) is 3.81. The first kappa shape index (κ1) is 30.7. The van der Waals surface area contributed by atoms with E-state index in [1.807, 2.05) is 20.8 Å². The predicted molar refractivity (Wildman–Crippen MR) is 137 cm³/mol. The zero-order chi connectivity index (χ0) is 27.6. The molecule has 3 atom stereocenters. The van der Waals surface area contributed by atoms with Crippen molar-refractivity contribution in [2.75, 3.05) is 6.54 Å². The summed E-state index contributed by atoms with van der Waals surface area (Å²) >= 11 is 0. The Labute approximate surface area is 213 Å². The molecule has 36 heavy (non-hydrogen) atoms. The van der Waals surface area contributed by atoms with Gasteiger partial charge in [0.1, 0.15) is 23.4 Å². The number of rotatable bonds is 12. The molecule has 4 amide bonds. The van der Waals surface area contributed by atoms with E-state index in [1.54, 1.807) is 39.8 Å². The number of nitrogens with two attached hydrogens (primary N) is 1. The molecule has 0 aliphatic heterocycles. The number of carbonyl (C=O) groups is 4. The summed E-state index contributed by atoms with van der Waals surface area (Å²) in [6.45, 7) is 12.6. The van der Waals surface area contributed by atoms with E-state index in [0.29, 0.717) is 17.5 Å². The van der Waals surface area contributed by atoms with Gasteiger partial charge in [0.25, 0.3) is 0 Å². The number of phenols is 1. The minimum atomic E-state index is -1.33. The van der Waals surface area contributed by atoms with E-state index < -0.39 is 47.9 Å². The molecule has 0 aromatic heterocycles. The molecule has 0 fully saturated rings. The van der Waals surface area contributed by atoms with Gasteiger partial charge < -0.3 is 31.1 Å². The normalized spacial score (nSPS) is 13.8. The summed E-state index contributed by atoms with van der Waals surface area (Å²) in [6, 6.07) is 2.16. The van der Waals surface area contributed by atoms with Crippen LogP contribution < -0.4 is 16.4 Å². The van der Waals surface area contributed by atoms with Crippen molar-refractivity contribution >= 4 is 23.8 Å². The lowest BCUT2D eigenvalue weighted by atomic mass is 9.99. The van der Waals surface area contributed by atoms with Gasteiger partial charge in [-0.2, -0.15) is 0 Å². The molecule has 1 aromatic carbocycles. The highest BCUT2D eigenvalue weighted by molar-refractivity contribution is 5.94. The summed E-state index contributed by atoms with van der Waals surface area (Å²) < 4.78 is 5.26. The van der Waals surface area contributed by atoms with Crippen LogP contribution in [0.3, 0.4) is 0 Å². The number of primary amides is 1. The molecule has 0 radical (unpaired) electrons. The number of aromatic hydroxyl groups is 1. The second-order valence-electron chi connectivity index (χ2n) is 10.0. The highest BCUT2D eigenvalue weighted by Crippen LogP contribution is 2.28. The van der Waals surface area contributed by atoms with Gasteiger partial charge in [-0.25, -0.2) is 4.79 Å². The Bertz CT molecular complexity index is 927. The second-order valence-corrected chi connectivity index (χ2v) is 10.0. The average molecular weight is 507 g/mol. The van der Waals surface area contributed by atoms with Crippen LogP contribution in [0.5, 0.6) is 5.75 Å². The lowest BCUT2D eigenvalue weighted by molar-refractivity contribution is -0.143. The SMILES string of the molecule is CCCC(C)NC(=O)C(c1ccc(O)c(C)c1)N(CCC)C(=O)C(CC(N)=O)NC(=O)OC(C)(C)C. The van der Waals surface area contributed by atoms with Crippen molar-refractivity contribution < 1.29 is 29.0 Å². The Hall–Kier alpha value is -3.30. The third kappa shape index (κ3) is 9.75. The summed E-state index contributed by atoms with van der Waals surface area (Å²) in [6.07, 6.45) is 0.777. The molecule has 5 N–H and O–H groups in total. The topological polar surface area (TPSA) is 151 Å². The summed E-state index contributed by atoms with van der Waals surface area (Å²) in [4.78, 5) is 52.9. The third-order valence-electron chi connectivity index (χ3n) is 5.35. The first-order chi connectivity index (χ1) is 16.7. The van der Waals surface area contributed by atoms with Crippen molar-refractivity contribution in [1.29, 1.82) is 0 Å². The van der Waals surface area contributed by atoms with Crippen LogP contribution in [0.1, 0.15) is 84.4 Å². The number of alkyl carbamates (subject to hydrolysis) is 1. The van der Waals surface area contributed by atoms with E-state index in [0.717, 1.165) is 12.8 Å². The van der Waals surface area contributed by atoms with Gasteiger partial charge in [-0.3, -0.25) is 14.4 Å². The van der Waals surface area contributed by atoms with Crippen molar-refractivity contribution in [1.82, 2.24) is 15.5 Å². The standard InChI is InChI=1S/C26H42N4O6/c1-8-10-17(4)28-23(33)22(18-11-12-20(31)16(3)14-18)30(13-9-2)24(34)19(15-21(27)32)29-25(35)36-26(5,6)7/h11-12,14,17,19,22,31H,8-10,13,15H2,1-7H3,(H2,27,32)(H,28,33)(H,29,35). The summed E-state index contributed by atoms with van der Waals surface area (Å²) in [7, 11) is 0. The number of nitrogens with zero attached hydrogens (tertiary/aromatic N) is 1. The molecule has 0 saturated heterocycles. The first-order valence-corrected chi connectivity index (χ1v) is 12.4. The minimum Gasteiger partial charge on any atom is -0.508 e. The molecule has 0 bridgehead atoms. The minimum absolute atomic E-state index is 0.0591. The highest BCUT2D eigenvalue weighted by Gasteiger charge is 2.37. The van der Waals surface area contributed by atoms with Crippen molar-refractivity contribution in [2.24, 2.45) is 5.73 Å². The Kier molecular flexibility index (Phi) is 11.7. The van der Waals surface area contributed by atoms with Crippen LogP contribution in [-0.2, 0) is 19.1 Å². The zero-order valence-corrected chi connectivity index (χ0v) is 22.5. The molecule has 0 heterocycles. The van der Waals surface area contributed by atoms with E-state index in [2.05, 4.69) is 10.6 Å². The van der Waals surface area contributed by atoms with Gasteiger partial charge in [-0.05, 0) is 70.7 Å². The van der Waals surface area contributed by atoms with E-state index in [4.69, 9.17) is 10.5 Å². The number of ether oxygens (including phenoxy) is 1. The fourth-order valence-corrected chi connectivity index (χ4v) is 3.81. The maximum absolute atomic E-state index is 13.8. The largest absolute Gasteiger partial charge is 0.508 e. The molecular weight excluding hydrogens is 464 g/mol. The van der Waals surface area contributed by atoms with Gasteiger partial charge in [0.15, 0.2) is 0 Å². The van der Waals surface area contributed by atoms with Crippen LogP contribution in [0.15, 0.2) is 18.2 Å². The highest BCUT2D eigenvalue weighted by atomic mass is 16.6. The van der Waals surface area contributed by atoms with E-state index in [1.165, 1.54) is 11.0 Å². The average Bonchev–Trinajstić information content (AvgIpc) is 2.73. The second kappa shape index (κ2) is 13.7. The molecule has 10 heteroatoms. The van der Waals surface area contributed by atoms with Gasteiger partial charge in [0.05, 0.1) is 6.42 Å². The molecule has 1 aromatic rings. The Morgan fingerprint density at radius 1 is 1.11 bits per heavy atom. The molecule has 3 unspecified atom stereocenters. The molecule has 0 saturated carbocycles. The van der Waals surface area contributed by atoms with Crippen molar-refractivity contribution in [2.45, 2.75) is 97.9 Å². The maximum atomic E-state index is 13.8. The number of hydrogen-bond acceptors (Lipinski definition) is 6. The summed E-state index contributed by atoms with van der Waals surface area (Å²) in [5.41, 5.74) is 5.59. The van der Waals surface area contributed by atoms with Crippen LogP contribution in [0.4, 0.5) is 4.79 Å². The number of phenolic OH excluding ortho intramolecular Hbond substituents is 1. The van der Waals surface area contributed by atoms with Gasteiger partial charge in [0.2, 0.25) is 17.7 Å². The summed E-state index contributed by atoms with van der Waals surface area (Å²) in [5.74, 6) is -1.78. The molecule has 0 aliphatic rings. The van der Waals surface area contributed by atoms with Crippen molar-refractivity contribution in [3.8, 4) is 5.75 Å². The molecule has 0 aliphatic carbocycles.